The molecule has 0 bridgehead atoms. The summed E-state index contributed by atoms with van der Waals surface area (Å²) in [5, 5.41) is 7.08. The van der Waals surface area contributed by atoms with E-state index < -0.39 is 26.0 Å². The monoisotopic (exact) mass is 714 g/mol. The van der Waals surface area contributed by atoms with Gasteiger partial charge in [0.2, 0.25) is 11.4 Å². The standard InChI is InChI=1S/C38H35ClN2O6S2/c39-38-28(18-20-32-30-14-2-8-26-10-4-16-34(36(26)30)40(32)22-6-24-48(42,43)44)12-1-13-29(38)19-21-33-31-15-3-9-27-11-5-17-35(37(27)31)41(33)23-7-25-49(45,46)47/h2-5,8-11,14-21H,1,6-7,12-13,22-25H2,(H-,42,43,44,45,46,47). The summed E-state index contributed by atoms with van der Waals surface area (Å²) in [7, 11) is -8.40. The first-order chi connectivity index (χ1) is 23.5. The van der Waals surface area contributed by atoms with Crippen molar-refractivity contribution < 1.29 is 30.5 Å². The summed E-state index contributed by atoms with van der Waals surface area (Å²) in [6.07, 6.45) is 11.2. The maximum atomic E-state index is 11.5. The molecule has 0 saturated heterocycles. The summed E-state index contributed by atoms with van der Waals surface area (Å²) in [6, 6.07) is 24.4. The number of benzene rings is 4. The van der Waals surface area contributed by atoms with Crippen LogP contribution in [-0.4, -0.2) is 58.8 Å². The van der Waals surface area contributed by atoms with Crippen LogP contribution in [0.5, 0.6) is 0 Å². The average molecular weight is 715 g/mol. The summed E-state index contributed by atoms with van der Waals surface area (Å²) < 4.78 is 70.7. The largest absolute Gasteiger partial charge is 0.748 e. The molecule has 1 N–H and O–H groups in total. The third-order valence-electron chi connectivity index (χ3n) is 9.38. The van der Waals surface area contributed by atoms with Crippen molar-refractivity contribution in [3.63, 3.8) is 0 Å². The van der Waals surface area contributed by atoms with Crippen molar-refractivity contribution in [1.29, 1.82) is 0 Å². The second kappa shape index (κ2) is 13.3. The Morgan fingerprint density at radius 2 is 1.55 bits per heavy atom. The highest BCUT2D eigenvalue weighted by molar-refractivity contribution is 7.85. The topological polar surface area (TPSA) is 120 Å². The second-order valence-electron chi connectivity index (χ2n) is 12.6. The summed E-state index contributed by atoms with van der Waals surface area (Å²) in [6.45, 7) is 0.807. The van der Waals surface area contributed by atoms with Gasteiger partial charge in [-0.25, -0.2) is 8.42 Å². The van der Waals surface area contributed by atoms with Crippen LogP contribution < -0.4 is 5.35 Å². The van der Waals surface area contributed by atoms with Crippen LogP contribution in [0.15, 0.2) is 107 Å². The lowest BCUT2D eigenvalue weighted by Crippen LogP contribution is -2.18. The number of hydrogen-bond donors (Lipinski definition) is 1. The summed E-state index contributed by atoms with van der Waals surface area (Å²) in [5.74, 6) is -0.743. The Morgan fingerprint density at radius 3 is 2.31 bits per heavy atom. The predicted molar refractivity (Wildman–Crippen MR) is 196 cm³/mol. The second-order valence-corrected chi connectivity index (χ2v) is 16.0. The normalized spacial score (nSPS) is 17.0. The van der Waals surface area contributed by atoms with Crippen LogP contribution in [0.3, 0.4) is 0 Å². The third-order valence-corrected chi connectivity index (χ3v) is 11.5. The van der Waals surface area contributed by atoms with Gasteiger partial charge in [0.25, 0.3) is 10.1 Å². The van der Waals surface area contributed by atoms with Gasteiger partial charge in [0.1, 0.15) is 0 Å². The number of aryl methyl sites for hydroxylation is 1. The molecule has 0 atom stereocenters. The van der Waals surface area contributed by atoms with E-state index in [9.17, 15) is 25.9 Å². The minimum absolute atomic E-state index is 0.211. The van der Waals surface area contributed by atoms with Gasteiger partial charge in [0, 0.05) is 57.5 Å². The van der Waals surface area contributed by atoms with E-state index in [0.29, 0.717) is 18.1 Å². The molecule has 49 heavy (non-hydrogen) atoms. The van der Waals surface area contributed by atoms with Crippen molar-refractivity contribution in [2.75, 3.05) is 18.1 Å². The number of hydrogen-bond acceptors (Lipinski definition) is 5. The molecule has 0 amide bonds. The van der Waals surface area contributed by atoms with E-state index in [1.54, 1.807) is 0 Å². The van der Waals surface area contributed by atoms with E-state index in [1.165, 1.54) is 0 Å². The number of aromatic nitrogens is 1. The van der Waals surface area contributed by atoms with Gasteiger partial charge in [-0.15, -0.1) is 0 Å². The molecule has 0 saturated carbocycles. The zero-order chi connectivity index (χ0) is 34.3. The lowest BCUT2D eigenvalue weighted by atomic mass is 9.93. The van der Waals surface area contributed by atoms with Crippen LogP contribution in [0.1, 0.15) is 37.7 Å². The molecule has 0 radical (unpaired) electrons. The first-order valence-electron chi connectivity index (χ1n) is 16.3. The molecule has 8 nitrogen and oxygen atoms in total. The van der Waals surface area contributed by atoms with Crippen molar-refractivity contribution in [2.24, 2.45) is 0 Å². The highest BCUT2D eigenvalue weighted by Crippen LogP contribution is 2.37. The summed E-state index contributed by atoms with van der Waals surface area (Å²) in [4.78, 5) is 0. The Kier molecular flexibility index (Phi) is 9.10. The molecule has 252 valence electrons. The smallest absolute Gasteiger partial charge is 0.264 e. The average Bonchev–Trinajstić information content (AvgIpc) is 3.53. The molecule has 0 unspecified atom stereocenters. The first-order valence-corrected chi connectivity index (χ1v) is 19.9. The molecule has 1 aliphatic carbocycles. The third kappa shape index (κ3) is 6.89. The van der Waals surface area contributed by atoms with Gasteiger partial charge in [0.05, 0.1) is 26.8 Å². The fourth-order valence-corrected chi connectivity index (χ4v) is 8.57. The first kappa shape index (κ1) is 33.4. The Balaban J connectivity index is 1.27. The fourth-order valence-electron chi connectivity index (χ4n) is 7.28. The SMILES string of the molecule is O=S(=O)([O-])CCC[N+]1=C(/C=C/C2=C(Cl)C(=C/C=c3/c4cccc5cccc(c54)n3CCCS(=O)(=O)O)/CCC2)c2cccc3cccc1c23. The van der Waals surface area contributed by atoms with E-state index in [0.717, 1.165) is 85.2 Å². The molecule has 11 heteroatoms. The Morgan fingerprint density at radius 1 is 0.837 bits per heavy atom. The molecule has 2 heterocycles. The number of allylic oxidation sites excluding steroid dienone is 6. The van der Waals surface area contributed by atoms with Crippen LogP contribution >= 0.6 is 11.6 Å². The maximum Gasteiger partial charge on any atom is 0.264 e. The van der Waals surface area contributed by atoms with Crippen molar-refractivity contribution in [3.8, 4) is 0 Å². The minimum atomic E-state index is -4.32. The molecular formula is C38H35ClN2O6S2. The molecule has 2 aliphatic rings. The fraction of sp³-hybridized carbons (Fsp3) is 0.237. The van der Waals surface area contributed by atoms with E-state index in [4.69, 9.17) is 11.6 Å². The van der Waals surface area contributed by atoms with Gasteiger partial charge in [-0.3, -0.25) is 4.55 Å². The van der Waals surface area contributed by atoms with Crippen LogP contribution in [-0.2, 0) is 26.8 Å². The van der Waals surface area contributed by atoms with Gasteiger partial charge in [-0.2, -0.15) is 13.0 Å². The zero-order valence-corrected chi connectivity index (χ0v) is 29.1. The Bertz CT molecular complexity index is 2530. The molecule has 0 spiro atoms. The quantitative estimate of drug-likeness (QED) is 0.117. The Hall–Kier alpha value is -4.06. The number of halogens is 1. The number of nitrogens with zero attached hydrogens (tertiary/aromatic N) is 2. The van der Waals surface area contributed by atoms with E-state index >= 15 is 0 Å². The predicted octanol–water partition coefficient (Wildman–Crippen LogP) is 6.97. The van der Waals surface area contributed by atoms with Crippen molar-refractivity contribution in [3.05, 3.63) is 118 Å². The van der Waals surface area contributed by atoms with Crippen LogP contribution in [0.2, 0.25) is 0 Å². The number of rotatable bonds is 11. The highest BCUT2D eigenvalue weighted by atomic mass is 35.5. The van der Waals surface area contributed by atoms with Crippen LogP contribution in [0.25, 0.3) is 38.5 Å². The minimum Gasteiger partial charge on any atom is -0.748 e. The lowest BCUT2D eigenvalue weighted by molar-refractivity contribution is -0.435. The molecule has 1 aromatic heterocycles. The van der Waals surface area contributed by atoms with Crippen molar-refractivity contribution >= 4 is 81.8 Å². The molecular weight excluding hydrogens is 680 g/mol. The van der Waals surface area contributed by atoms with E-state index in [1.807, 2.05) is 48.6 Å². The van der Waals surface area contributed by atoms with Gasteiger partial charge in [-0.1, -0.05) is 78.4 Å². The van der Waals surface area contributed by atoms with Crippen LogP contribution in [0, 0.1) is 0 Å². The van der Waals surface area contributed by atoms with Crippen molar-refractivity contribution in [2.45, 2.75) is 38.6 Å². The van der Waals surface area contributed by atoms with Gasteiger partial charge < -0.3 is 9.12 Å². The van der Waals surface area contributed by atoms with Gasteiger partial charge >= 0.3 is 0 Å². The van der Waals surface area contributed by atoms with E-state index in [2.05, 4.69) is 57.7 Å². The molecule has 0 fully saturated rings. The Labute approximate surface area is 290 Å². The molecule has 1 aliphatic heterocycles. The maximum absolute atomic E-state index is 11.5. The van der Waals surface area contributed by atoms with Crippen LogP contribution in [0.4, 0.5) is 5.69 Å². The molecule has 7 rings (SSSR count). The summed E-state index contributed by atoms with van der Waals surface area (Å²) >= 11 is 7.10. The van der Waals surface area contributed by atoms with E-state index in [-0.39, 0.29) is 18.6 Å². The highest BCUT2D eigenvalue weighted by Gasteiger charge is 2.30. The zero-order valence-electron chi connectivity index (χ0n) is 26.7. The van der Waals surface area contributed by atoms with Gasteiger partial charge in [0.15, 0.2) is 6.54 Å². The molecule has 4 aromatic carbocycles. The lowest BCUT2D eigenvalue weighted by Gasteiger charge is -2.16. The van der Waals surface area contributed by atoms with Gasteiger partial charge in [-0.05, 0) is 65.8 Å². The van der Waals surface area contributed by atoms with Crippen molar-refractivity contribution in [1.82, 2.24) is 4.57 Å². The summed E-state index contributed by atoms with van der Waals surface area (Å²) in [5.41, 5.74) is 5.97. The molecule has 5 aromatic rings.